The number of nitrogens with zero attached hydrogens (tertiary/aromatic N) is 3. The van der Waals surface area contributed by atoms with Crippen LogP contribution in [-0.2, 0) is 4.79 Å². The minimum Gasteiger partial charge on any atom is -0.411 e. The van der Waals surface area contributed by atoms with Crippen molar-refractivity contribution in [2.45, 2.75) is 43.6 Å². The van der Waals surface area contributed by atoms with Gasteiger partial charge in [-0.05, 0) is 69.5 Å². The van der Waals surface area contributed by atoms with E-state index in [-0.39, 0.29) is 11.2 Å². The van der Waals surface area contributed by atoms with E-state index in [0.29, 0.717) is 11.1 Å². The van der Waals surface area contributed by atoms with Crippen LogP contribution in [0.2, 0.25) is 0 Å². The Morgan fingerprint density at radius 1 is 1.03 bits per heavy atom. The topological polar surface area (TPSA) is 71.3 Å². The Bertz CT molecular complexity index is 979. The molecule has 1 aliphatic heterocycles. The van der Waals surface area contributed by atoms with E-state index < -0.39 is 0 Å². The number of aryl methyl sites for hydroxylation is 1. The highest BCUT2D eigenvalue weighted by molar-refractivity contribution is 8.00. The molecule has 1 fully saturated rings. The first-order chi connectivity index (χ1) is 14.6. The molecule has 2 aromatic carbocycles. The molecule has 156 valence electrons. The van der Waals surface area contributed by atoms with Crippen molar-refractivity contribution in [1.29, 1.82) is 0 Å². The van der Waals surface area contributed by atoms with Gasteiger partial charge in [0.15, 0.2) is 0 Å². The smallest absolute Gasteiger partial charge is 0.277 e. The Morgan fingerprint density at radius 3 is 2.43 bits per heavy atom. The zero-order chi connectivity index (χ0) is 20.9. The number of carbonyl (C=O) groups is 1. The molecule has 0 saturated carbocycles. The molecule has 0 radical (unpaired) electrons. The summed E-state index contributed by atoms with van der Waals surface area (Å²) in [6, 6.07) is 16.0. The fourth-order valence-electron chi connectivity index (χ4n) is 3.43. The second kappa shape index (κ2) is 9.34. The van der Waals surface area contributed by atoms with Crippen LogP contribution in [0.15, 0.2) is 58.2 Å². The molecule has 0 bridgehead atoms. The van der Waals surface area contributed by atoms with Crippen LogP contribution in [0.25, 0.3) is 11.5 Å². The van der Waals surface area contributed by atoms with Gasteiger partial charge in [0.1, 0.15) is 0 Å². The van der Waals surface area contributed by atoms with Gasteiger partial charge in [0.25, 0.3) is 5.22 Å². The second-order valence-electron chi connectivity index (χ2n) is 7.58. The zero-order valence-corrected chi connectivity index (χ0v) is 18.1. The summed E-state index contributed by atoms with van der Waals surface area (Å²) in [6.45, 7) is 6.07. The lowest BCUT2D eigenvalue weighted by Gasteiger charge is -2.28. The lowest BCUT2D eigenvalue weighted by molar-refractivity contribution is -0.115. The van der Waals surface area contributed by atoms with Gasteiger partial charge < -0.3 is 14.6 Å². The average Bonchev–Trinajstić information content (AvgIpc) is 3.24. The summed E-state index contributed by atoms with van der Waals surface area (Å²) in [6.07, 6.45) is 3.80. The number of hydrogen-bond donors (Lipinski definition) is 1. The first-order valence-electron chi connectivity index (χ1n) is 10.3. The fourth-order valence-corrected chi connectivity index (χ4v) is 4.11. The Labute approximate surface area is 181 Å². The quantitative estimate of drug-likeness (QED) is 0.554. The number of anilines is 2. The highest BCUT2D eigenvalue weighted by Crippen LogP contribution is 2.27. The van der Waals surface area contributed by atoms with Crippen LogP contribution in [0.4, 0.5) is 11.4 Å². The molecular formula is C23H26N4O2S. The van der Waals surface area contributed by atoms with E-state index in [1.54, 1.807) is 0 Å². The third-order valence-corrected chi connectivity index (χ3v) is 6.14. The molecule has 1 saturated heterocycles. The van der Waals surface area contributed by atoms with E-state index in [0.717, 1.165) is 24.3 Å². The lowest BCUT2D eigenvalue weighted by atomic mass is 10.1. The van der Waals surface area contributed by atoms with Gasteiger partial charge in [-0.3, -0.25) is 4.79 Å². The predicted molar refractivity (Wildman–Crippen MR) is 121 cm³/mol. The van der Waals surface area contributed by atoms with Crippen LogP contribution in [-0.4, -0.2) is 34.4 Å². The molecule has 0 aliphatic carbocycles. The van der Waals surface area contributed by atoms with Gasteiger partial charge in [-0.1, -0.05) is 29.5 Å². The fraction of sp³-hybridized carbons (Fsp3) is 0.348. The van der Waals surface area contributed by atoms with Crippen molar-refractivity contribution >= 4 is 29.0 Å². The van der Waals surface area contributed by atoms with Gasteiger partial charge in [0.2, 0.25) is 11.8 Å². The molecule has 1 aliphatic rings. The third-order valence-electron chi connectivity index (χ3n) is 5.21. The average molecular weight is 423 g/mol. The molecule has 1 N–H and O–H groups in total. The van der Waals surface area contributed by atoms with Gasteiger partial charge in [-0.25, -0.2) is 0 Å². The van der Waals surface area contributed by atoms with Crippen LogP contribution in [0.1, 0.15) is 31.7 Å². The van der Waals surface area contributed by atoms with Crippen LogP contribution in [0.5, 0.6) is 0 Å². The minimum atomic E-state index is -0.363. The van der Waals surface area contributed by atoms with Crippen molar-refractivity contribution in [1.82, 2.24) is 10.2 Å². The summed E-state index contributed by atoms with van der Waals surface area (Å²) in [7, 11) is 0. The van der Waals surface area contributed by atoms with E-state index >= 15 is 0 Å². The van der Waals surface area contributed by atoms with Crippen LogP contribution in [0, 0.1) is 6.92 Å². The normalized spacial score (nSPS) is 15.1. The van der Waals surface area contributed by atoms with E-state index in [9.17, 15) is 4.79 Å². The van der Waals surface area contributed by atoms with E-state index in [2.05, 4.69) is 32.5 Å². The van der Waals surface area contributed by atoms with Gasteiger partial charge >= 0.3 is 0 Å². The Hall–Kier alpha value is -2.80. The molecule has 1 atom stereocenters. The highest BCUT2D eigenvalue weighted by atomic mass is 32.2. The molecule has 1 aromatic heterocycles. The minimum absolute atomic E-state index is 0.0965. The number of nitrogens with one attached hydrogen (secondary N) is 1. The summed E-state index contributed by atoms with van der Waals surface area (Å²) in [5, 5.41) is 11.2. The molecular weight excluding hydrogens is 396 g/mol. The van der Waals surface area contributed by atoms with Crippen molar-refractivity contribution in [2.24, 2.45) is 0 Å². The van der Waals surface area contributed by atoms with E-state index in [1.807, 2.05) is 50.2 Å². The molecule has 1 amide bonds. The second-order valence-corrected chi connectivity index (χ2v) is 8.88. The molecule has 0 unspecified atom stereocenters. The van der Waals surface area contributed by atoms with Crippen LogP contribution in [0.3, 0.4) is 0 Å². The Morgan fingerprint density at radius 2 is 1.73 bits per heavy atom. The van der Waals surface area contributed by atoms with Crippen molar-refractivity contribution in [3.05, 3.63) is 54.1 Å². The Kier molecular flexibility index (Phi) is 6.38. The van der Waals surface area contributed by atoms with Gasteiger partial charge in [-0.15, -0.1) is 10.2 Å². The maximum absolute atomic E-state index is 12.6. The maximum Gasteiger partial charge on any atom is 0.277 e. The SMILES string of the molecule is Cc1ccc(-c2nnc(S[C@@H](C)C(=O)Nc3ccc(N4CCCCC4)cc3)o2)cc1. The first kappa shape index (κ1) is 20.5. The standard InChI is InChI=1S/C23H26N4O2S/c1-16-6-8-18(9-7-16)22-25-26-23(29-22)30-17(2)21(28)24-19-10-12-20(13-11-19)27-14-4-3-5-15-27/h6-13,17H,3-5,14-15H2,1-2H3,(H,24,28)/t17-/m0/s1. The van der Waals surface area contributed by atoms with Crippen molar-refractivity contribution in [3.8, 4) is 11.5 Å². The van der Waals surface area contributed by atoms with Crippen LogP contribution < -0.4 is 10.2 Å². The predicted octanol–water partition coefficient (Wildman–Crippen LogP) is 5.15. The molecule has 4 rings (SSSR count). The van der Waals surface area contributed by atoms with Gasteiger partial charge in [0.05, 0.1) is 5.25 Å². The number of piperidine rings is 1. The third kappa shape index (κ3) is 5.02. The number of benzene rings is 2. The Balaban J connectivity index is 1.33. The highest BCUT2D eigenvalue weighted by Gasteiger charge is 2.19. The summed E-state index contributed by atoms with van der Waals surface area (Å²) in [5.41, 5.74) is 4.04. The molecule has 30 heavy (non-hydrogen) atoms. The number of carbonyl (C=O) groups excluding carboxylic acids is 1. The number of rotatable bonds is 6. The van der Waals surface area contributed by atoms with Crippen molar-refractivity contribution in [2.75, 3.05) is 23.3 Å². The number of aromatic nitrogens is 2. The lowest BCUT2D eigenvalue weighted by Crippen LogP contribution is -2.29. The maximum atomic E-state index is 12.6. The summed E-state index contributed by atoms with van der Waals surface area (Å²) in [4.78, 5) is 15.0. The van der Waals surface area contributed by atoms with Crippen molar-refractivity contribution < 1.29 is 9.21 Å². The number of amides is 1. The monoisotopic (exact) mass is 422 g/mol. The number of thioether (sulfide) groups is 1. The van der Waals surface area contributed by atoms with Crippen LogP contribution >= 0.6 is 11.8 Å². The molecule has 7 heteroatoms. The van der Waals surface area contributed by atoms with Gasteiger partial charge in [-0.2, -0.15) is 0 Å². The largest absolute Gasteiger partial charge is 0.411 e. The first-order valence-corrected chi connectivity index (χ1v) is 11.2. The summed E-state index contributed by atoms with van der Waals surface area (Å²) < 4.78 is 5.72. The summed E-state index contributed by atoms with van der Waals surface area (Å²) >= 11 is 1.25. The molecule has 2 heterocycles. The zero-order valence-electron chi connectivity index (χ0n) is 17.3. The molecule has 0 spiro atoms. The van der Waals surface area contributed by atoms with E-state index in [4.69, 9.17) is 4.42 Å². The summed E-state index contributed by atoms with van der Waals surface area (Å²) in [5.74, 6) is 0.360. The molecule has 6 nitrogen and oxygen atoms in total. The van der Waals surface area contributed by atoms with Crippen molar-refractivity contribution in [3.63, 3.8) is 0 Å². The molecule has 3 aromatic rings. The van der Waals surface area contributed by atoms with Gasteiger partial charge in [0, 0.05) is 30.0 Å². The van der Waals surface area contributed by atoms with E-state index in [1.165, 1.54) is 42.3 Å². The number of hydrogen-bond acceptors (Lipinski definition) is 6.